The van der Waals surface area contributed by atoms with Gasteiger partial charge in [0.2, 0.25) is 0 Å². The van der Waals surface area contributed by atoms with Crippen LogP contribution in [0.3, 0.4) is 0 Å². The van der Waals surface area contributed by atoms with Crippen LogP contribution in [0.1, 0.15) is 23.7 Å². The third kappa shape index (κ3) is 2.93. The monoisotopic (exact) mass is 247 g/mol. The molecule has 0 radical (unpaired) electrons. The Kier molecular flexibility index (Phi) is 4.70. The molecule has 3 nitrogen and oxygen atoms in total. The summed E-state index contributed by atoms with van der Waals surface area (Å²) in [7, 11) is 0. The van der Waals surface area contributed by atoms with Gasteiger partial charge >= 0.3 is 0 Å². The largest absolute Gasteiger partial charge is 0.593 e. The first-order valence-electron chi connectivity index (χ1n) is 4.68. The molecule has 1 N–H and O–H groups in total. The van der Waals surface area contributed by atoms with E-state index in [1.165, 1.54) is 0 Å². The summed E-state index contributed by atoms with van der Waals surface area (Å²) in [6.07, 6.45) is 0.765. The second kappa shape index (κ2) is 5.81. The van der Waals surface area contributed by atoms with Gasteiger partial charge in [-0.25, -0.2) is 13.5 Å². The smallest absolute Gasteiger partial charge is 0.164 e. The molecule has 0 amide bonds. The highest BCUT2D eigenvalue weighted by Crippen LogP contribution is 2.20. The summed E-state index contributed by atoms with van der Waals surface area (Å²) < 4.78 is 40.1. The van der Waals surface area contributed by atoms with Gasteiger partial charge in [0, 0.05) is 0 Å². The molecule has 0 aromatic heterocycles. The quantitative estimate of drug-likeness (QED) is 0.641. The molecule has 0 aliphatic heterocycles. The van der Waals surface area contributed by atoms with Crippen LogP contribution in [0.15, 0.2) is 12.1 Å². The number of carbonyl (C=O) groups is 1. The van der Waals surface area contributed by atoms with E-state index in [1.54, 1.807) is 0 Å². The zero-order valence-corrected chi connectivity index (χ0v) is 9.44. The number of nitrogens with one attached hydrogen (secondary N) is 1. The molecule has 0 saturated heterocycles. The fourth-order valence-electron chi connectivity index (χ4n) is 1.12. The second-order valence-electron chi connectivity index (χ2n) is 3.09. The van der Waals surface area contributed by atoms with Gasteiger partial charge in [0.1, 0.15) is 17.3 Å². The predicted octanol–water partition coefficient (Wildman–Crippen LogP) is 2.26. The molecule has 0 saturated carbocycles. The molecule has 88 valence electrons. The van der Waals surface area contributed by atoms with E-state index in [9.17, 15) is 18.1 Å². The fraction of sp³-hybridized carbons (Fsp3) is 0.300. The molecule has 0 bridgehead atoms. The highest BCUT2D eigenvalue weighted by atomic mass is 32.2. The average molecular weight is 247 g/mol. The molecule has 1 atom stereocenters. The van der Waals surface area contributed by atoms with Crippen LogP contribution in [-0.4, -0.2) is 16.6 Å². The minimum atomic E-state index is -1.43. The van der Waals surface area contributed by atoms with E-state index in [1.807, 2.05) is 6.92 Å². The summed E-state index contributed by atoms with van der Waals surface area (Å²) in [6, 6.07) is 2.07. The number of aldehydes is 1. The summed E-state index contributed by atoms with van der Waals surface area (Å²) in [4.78, 5) is 10.4. The minimum Gasteiger partial charge on any atom is -0.593 e. The van der Waals surface area contributed by atoms with Gasteiger partial charge in [0.05, 0.1) is 16.9 Å². The van der Waals surface area contributed by atoms with Crippen LogP contribution in [-0.2, 0) is 11.4 Å². The fourth-order valence-corrected chi connectivity index (χ4v) is 1.99. The van der Waals surface area contributed by atoms with Gasteiger partial charge < -0.3 is 4.55 Å². The van der Waals surface area contributed by atoms with E-state index in [-0.39, 0.29) is 12.0 Å². The van der Waals surface area contributed by atoms with Gasteiger partial charge in [-0.3, -0.25) is 4.79 Å². The van der Waals surface area contributed by atoms with Gasteiger partial charge in [0.25, 0.3) is 0 Å². The first-order chi connectivity index (χ1) is 7.60. The molecule has 0 fully saturated rings. The van der Waals surface area contributed by atoms with Gasteiger partial charge in [-0.1, -0.05) is 6.92 Å². The molecule has 0 aliphatic carbocycles. The number of hydrogen-bond acceptors (Lipinski definition) is 3. The normalized spacial score (nSPS) is 12.2. The maximum absolute atomic E-state index is 13.5. The third-order valence-corrected chi connectivity index (χ3v) is 3.08. The first kappa shape index (κ1) is 12.9. The van der Waals surface area contributed by atoms with Crippen LogP contribution in [0, 0.1) is 11.6 Å². The van der Waals surface area contributed by atoms with E-state index in [2.05, 4.69) is 4.72 Å². The van der Waals surface area contributed by atoms with Gasteiger partial charge in [-0.05, 0) is 18.6 Å². The lowest BCUT2D eigenvalue weighted by Gasteiger charge is -2.12. The van der Waals surface area contributed by atoms with Crippen molar-refractivity contribution in [3.05, 3.63) is 29.3 Å². The van der Waals surface area contributed by atoms with Crippen molar-refractivity contribution in [2.45, 2.75) is 13.3 Å². The molecular weight excluding hydrogens is 236 g/mol. The second-order valence-corrected chi connectivity index (χ2v) is 4.40. The van der Waals surface area contributed by atoms with E-state index in [0.29, 0.717) is 12.2 Å². The molecule has 0 spiro atoms. The van der Waals surface area contributed by atoms with Crippen LogP contribution < -0.4 is 4.72 Å². The van der Waals surface area contributed by atoms with Crippen LogP contribution >= 0.6 is 0 Å². The number of anilines is 1. The Morgan fingerprint density at radius 2 is 2.19 bits per heavy atom. The first-order valence-corrected chi connectivity index (χ1v) is 6.00. The van der Waals surface area contributed by atoms with Crippen molar-refractivity contribution in [1.29, 1.82) is 0 Å². The summed E-state index contributed by atoms with van der Waals surface area (Å²) in [6.45, 7) is 1.83. The third-order valence-electron chi connectivity index (χ3n) is 1.86. The Bertz CT molecular complexity index is 387. The Balaban J connectivity index is 2.93. The van der Waals surface area contributed by atoms with Crippen LogP contribution in [0.2, 0.25) is 0 Å². The van der Waals surface area contributed by atoms with E-state index >= 15 is 0 Å². The van der Waals surface area contributed by atoms with Crippen molar-refractivity contribution in [2.75, 3.05) is 10.5 Å². The molecule has 1 aromatic carbocycles. The zero-order chi connectivity index (χ0) is 12.1. The molecule has 1 rings (SSSR count). The van der Waals surface area contributed by atoms with Crippen molar-refractivity contribution in [3.63, 3.8) is 0 Å². The van der Waals surface area contributed by atoms with Crippen molar-refractivity contribution in [1.82, 2.24) is 0 Å². The van der Waals surface area contributed by atoms with Crippen molar-refractivity contribution < 1.29 is 18.1 Å². The summed E-state index contributed by atoms with van der Waals surface area (Å²) in [5.74, 6) is -1.59. The maximum atomic E-state index is 13.5. The number of rotatable bonds is 5. The molecular formula is C10H11F2NO2S. The maximum Gasteiger partial charge on any atom is 0.164 e. The van der Waals surface area contributed by atoms with Crippen molar-refractivity contribution in [3.8, 4) is 0 Å². The zero-order valence-electron chi connectivity index (χ0n) is 8.63. The molecule has 0 heterocycles. The molecule has 6 heteroatoms. The summed E-state index contributed by atoms with van der Waals surface area (Å²) >= 11 is -1.43. The van der Waals surface area contributed by atoms with Gasteiger partial charge in [-0.15, -0.1) is 0 Å². The molecule has 0 aliphatic rings. The molecule has 1 unspecified atom stereocenters. The molecule has 1 aromatic rings. The number of carbonyl (C=O) groups excluding carboxylic acids is 1. The van der Waals surface area contributed by atoms with Gasteiger partial charge in [-0.2, -0.15) is 0 Å². The highest BCUT2D eigenvalue weighted by molar-refractivity contribution is 7.92. The van der Waals surface area contributed by atoms with E-state index < -0.39 is 28.6 Å². The van der Waals surface area contributed by atoms with Crippen LogP contribution in [0.4, 0.5) is 14.5 Å². The number of hydrogen-bond donors (Lipinski definition) is 1. The van der Waals surface area contributed by atoms with Crippen molar-refractivity contribution in [2.24, 2.45) is 0 Å². The Morgan fingerprint density at radius 1 is 1.50 bits per heavy atom. The van der Waals surface area contributed by atoms with Crippen LogP contribution in [0.25, 0.3) is 0 Å². The Labute approximate surface area is 95.2 Å². The lowest BCUT2D eigenvalue weighted by molar-refractivity contribution is 0.111. The summed E-state index contributed by atoms with van der Waals surface area (Å²) in [5, 5.41) is 0. The topological polar surface area (TPSA) is 52.2 Å². The minimum absolute atomic E-state index is 0.0958. The Morgan fingerprint density at radius 3 is 2.75 bits per heavy atom. The number of benzene rings is 1. The number of halogens is 2. The highest BCUT2D eigenvalue weighted by Gasteiger charge is 2.16. The standard InChI is InChI=1S/C10H11F2NO2S/c1-2-5-16(15)13-9-4-3-8(11)7(6-14)10(9)12/h3-4,6,13H,2,5H2,1H3. The van der Waals surface area contributed by atoms with Crippen molar-refractivity contribution >= 4 is 23.3 Å². The lowest BCUT2D eigenvalue weighted by Crippen LogP contribution is -2.17. The summed E-state index contributed by atoms with van der Waals surface area (Å²) in [5.41, 5.74) is -0.784. The van der Waals surface area contributed by atoms with E-state index in [4.69, 9.17) is 0 Å². The average Bonchev–Trinajstić information content (AvgIpc) is 2.23. The van der Waals surface area contributed by atoms with E-state index in [0.717, 1.165) is 12.1 Å². The predicted molar refractivity (Wildman–Crippen MR) is 58.7 cm³/mol. The SMILES string of the molecule is CCC[S+]([O-])Nc1ccc(F)c(C=O)c1F. The molecule has 16 heavy (non-hydrogen) atoms. The van der Waals surface area contributed by atoms with Crippen LogP contribution in [0.5, 0.6) is 0 Å². The van der Waals surface area contributed by atoms with Gasteiger partial charge in [0.15, 0.2) is 12.1 Å². The lowest BCUT2D eigenvalue weighted by atomic mass is 10.2. The Hall–Kier alpha value is -1.14.